The summed E-state index contributed by atoms with van der Waals surface area (Å²) in [6.07, 6.45) is 6.95. The highest BCUT2D eigenvalue weighted by Gasteiger charge is 2.34. The first-order valence-electron chi connectivity index (χ1n) is 12.7. The van der Waals surface area contributed by atoms with Crippen LogP contribution in [0.1, 0.15) is 82.6 Å². The molecular formula is C28H32F6O. The van der Waals surface area contributed by atoms with Crippen molar-refractivity contribution in [3.63, 3.8) is 0 Å². The molecular weight excluding hydrogens is 466 g/mol. The van der Waals surface area contributed by atoms with E-state index in [9.17, 15) is 26.3 Å². The Bertz CT molecular complexity index is 978. The Kier molecular flexibility index (Phi) is 8.02. The lowest BCUT2D eigenvalue weighted by molar-refractivity contribution is -0.276. The van der Waals surface area contributed by atoms with Crippen molar-refractivity contribution in [1.82, 2.24) is 0 Å². The van der Waals surface area contributed by atoms with Gasteiger partial charge in [0.25, 0.3) is 0 Å². The highest BCUT2D eigenvalue weighted by Crippen LogP contribution is 2.45. The number of hydrogen-bond donors (Lipinski definition) is 0. The van der Waals surface area contributed by atoms with Crippen molar-refractivity contribution in [3.8, 4) is 16.9 Å². The van der Waals surface area contributed by atoms with Gasteiger partial charge < -0.3 is 4.74 Å². The van der Waals surface area contributed by atoms with E-state index in [0.717, 1.165) is 49.0 Å². The van der Waals surface area contributed by atoms with Crippen molar-refractivity contribution < 1.29 is 31.1 Å². The molecule has 0 aromatic heterocycles. The Balaban J connectivity index is 1.40. The molecule has 0 radical (unpaired) electrons. The first kappa shape index (κ1) is 25.9. The summed E-state index contributed by atoms with van der Waals surface area (Å²) in [4.78, 5) is 0. The minimum Gasteiger partial charge on any atom is -0.399 e. The maximum Gasteiger partial charge on any atom is 0.573 e. The van der Waals surface area contributed by atoms with E-state index in [1.807, 2.05) is 0 Å². The number of hydrogen-bond acceptors (Lipinski definition) is 1. The van der Waals surface area contributed by atoms with E-state index in [4.69, 9.17) is 0 Å². The van der Waals surface area contributed by atoms with Crippen LogP contribution in [0.3, 0.4) is 0 Å². The van der Waals surface area contributed by atoms with Gasteiger partial charge in [-0.2, -0.15) is 0 Å². The van der Waals surface area contributed by atoms with Gasteiger partial charge in [-0.25, -0.2) is 13.2 Å². The van der Waals surface area contributed by atoms with Crippen LogP contribution in [0.2, 0.25) is 0 Å². The van der Waals surface area contributed by atoms with Gasteiger partial charge in [-0.15, -0.1) is 13.2 Å². The van der Waals surface area contributed by atoms with Crippen LogP contribution < -0.4 is 4.74 Å². The van der Waals surface area contributed by atoms with E-state index in [2.05, 4.69) is 11.7 Å². The van der Waals surface area contributed by atoms with Gasteiger partial charge in [-0.3, -0.25) is 0 Å². The molecule has 35 heavy (non-hydrogen) atoms. The zero-order valence-electron chi connectivity index (χ0n) is 19.9. The first-order valence-corrected chi connectivity index (χ1v) is 12.7. The molecule has 2 aliphatic carbocycles. The largest absolute Gasteiger partial charge is 0.573 e. The quantitative estimate of drug-likeness (QED) is 0.360. The zero-order valence-corrected chi connectivity index (χ0v) is 19.9. The smallest absolute Gasteiger partial charge is 0.399 e. The van der Waals surface area contributed by atoms with Gasteiger partial charge >= 0.3 is 6.36 Å². The zero-order chi connectivity index (χ0) is 25.2. The minimum absolute atomic E-state index is 0.0670. The van der Waals surface area contributed by atoms with Crippen LogP contribution in [0.5, 0.6) is 5.75 Å². The third-order valence-electron chi connectivity index (χ3n) is 8.02. The topological polar surface area (TPSA) is 9.23 Å². The second-order valence-corrected chi connectivity index (χ2v) is 10.2. The molecule has 0 saturated heterocycles. The molecule has 192 valence electrons. The van der Waals surface area contributed by atoms with Gasteiger partial charge in [0.1, 0.15) is 5.82 Å². The average Bonchev–Trinajstić information content (AvgIpc) is 2.81. The number of alkyl halides is 3. The number of rotatable bonds is 6. The molecule has 0 heterocycles. The second-order valence-electron chi connectivity index (χ2n) is 10.2. The molecule has 0 N–H and O–H groups in total. The average molecular weight is 499 g/mol. The molecule has 2 aliphatic rings. The monoisotopic (exact) mass is 498 g/mol. The van der Waals surface area contributed by atoms with Crippen molar-refractivity contribution in [3.05, 3.63) is 53.3 Å². The molecule has 0 unspecified atom stereocenters. The molecule has 2 saturated carbocycles. The van der Waals surface area contributed by atoms with Crippen LogP contribution in [0.4, 0.5) is 26.3 Å². The van der Waals surface area contributed by atoms with Crippen LogP contribution >= 0.6 is 0 Å². The molecule has 0 aliphatic heterocycles. The van der Waals surface area contributed by atoms with Crippen LogP contribution in [0.25, 0.3) is 11.1 Å². The Morgan fingerprint density at radius 2 is 1.34 bits per heavy atom. The van der Waals surface area contributed by atoms with Crippen molar-refractivity contribution in [2.45, 2.75) is 83.4 Å². The Hall–Kier alpha value is -2.18. The van der Waals surface area contributed by atoms with Gasteiger partial charge in [0, 0.05) is 5.56 Å². The third-order valence-corrected chi connectivity index (χ3v) is 8.02. The molecule has 0 bridgehead atoms. The van der Waals surface area contributed by atoms with Gasteiger partial charge in [-0.05, 0) is 91.5 Å². The fourth-order valence-corrected chi connectivity index (χ4v) is 6.23. The van der Waals surface area contributed by atoms with Crippen molar-refractivity contribution in [1.29, 1.82) is 0 Å². The normalized spacial score (nSPS) is 25.5. The fourth-order valence-electron chi connectivity index (χ4n) is 6.23. The highest BCUT2D eigenvalue weighted by atomic mass is 19.4. The predicted molar refractivity (Wildman–Crippen MR) is 123 cm³/mol. The molecule has 0 amide bonds. The van der Waals surface area contributed by atoms with E-state index in [-0.39, 0.29) is 17.0 Å². The number of ether oxygens (including phenoxy) is 1. The van der Waals surface area contributed by atoms with Crippen LogP contribution in [0, 0.1) is 35.2 Å². The SMILES string of the molecule is CCCC1CCC(C2CCC(c3ccc(-c4cc(F)c(OC(F)(F)F)c(F)c4)c(F)c3)CC2)CC1. The Morgan fingerprint density at radius 1 is 0.771 bits per heavy atom. The van der Waals surface area contributed by atoms with Crippen LogP contribution in [-0.2, 0) is 0 Å². The number of halogens is 6. The Morgan fingerprint density at radius 3 is 1.86 bits per heavy atom. The fraction of sp³-hybridized carbons (Fsp3) is 0.571. The molecule has 0 atom stereocenters. The molecule has 7 heteroatoms. The van der Waals surface area contributed by atoms with E-state index in [1.54, 1.807) is 6.07 Å². The maximum atomic E-state index is 14.9. The van der Waals surface area contributed by atoms with Gasteiger partial charge in [0.05, 0.1) is 0 Å². The van der Waals surface area contributed by atoms with Crippen molar-refractivity contribution >= 4 is 0 Å². The number of benzene rings is 2. The van der Waals surface area contributed by atoms with Crippen molar-refractivity contribution in [2.24, 2.45) is 17.8 Å². The Labute approximate surface area is 202 Å². The molecule has 2 aromatic rings. The van der Waals surface area contributed by atoms with Crippen LogP contribution in [-0.4, -0.2) is 6.36 Å². The first-order chi connectivity index (χ1) is 16.6. The summed E-state index contributed by atoms with van der Waals surface area (Å²) >= 11 is 0. The summed E-state index contributed by atoms with van der Waals surface area (Å²) in [7, 11) is 0. The van der Waals surface area contributed by atoms with E-state index in [1.165, 1.54) is 50.7 Å². The van der Waals surface area contributed by atoms with E-state index < -0.39 is 29.6 Å². The lowest BCUT2D eigenvalue weighted by Crippen LogP contribution is -2.25. The summed E-state index contributed by atoms with van der Waals surface area (Å²) in [5, 5.41) is 0. The van der Waals surface area contributed by atoms with E-state index >= 15 is 0 Å². The van der Waals surface area contributed by atoms with E-state index in [0.29, 0.717) is 12.1 Å². The van der Waals surface area contributed by atoms with Crippen molar-refractivity contribution in [2.75, 3.05) is 0 Å². The third kappa shape index (κ3) is 6.34. The summed E-state index contributed by atoms with van der Waals surface area (Å²) in [5.74, 6) is -2.60. The molecule has 2 aromatic carbocycles. The maximum absolute atomic E-state index is 14.9. The summed E-state index contributed by atoms with van der Waals surface area (Å²) in [5.41, 5.74) is 0.609. The summed E-state index contributed by atoms with van der Waals surface area (Å²) in [6.45, 7) is 2.25. The standard InChI is InChI=1S/C28H32F6O/c1-2-3-17-4-6-18(7-5-17)19-8-10-20(11-9-19)21-12-13-23(24(29)14-21)22-15-25(30)27(26(31)16-22)35-28(32,33)34/h12-20H,2-11H2,1H3. The molecule has 4 rings (SSSR count). The predicted octanol–water partition coefficient (Wildman–Crippen LogP) is 9.55. The highest BCUT2D eigenvalue weighted by molar-refractivity contribution is 5.66. The molecule has 1 nitrogen and oxygen atoms in total. The van der Waals surface area contributed by atoms with Gasteiger partial charge in [0.15, 0.2) is 11.6 Å². The minimum atomic E-state index is -5.23. The molecule has 0 spiro atoms. The second kappa shape index (κ2) is 10.8. The summed E-state index contributed by atoms with van der Waals surface area (Å²) in [6, 6.07) is 5.91. The lowest BCUT2D eigenvalue weighted by atomic mass is 9.68. The lowest BCUT2D eigenvalue weighted by Gasteiger charge is -2.38. The van der Waals surface area contributed by atoms with Gasteiger partial charge in [0.2, 0.25) is 5.75 Å². The van der Waals surface area contributed by atoms with Crippen LogP contribution in [0.15, 0.2) is 30.3 Å². The van der Waals surface area contributed by atoms with Gasteiger partial charge in [-0.1, -0.05) is 44.7 Å². The summed E-state index contributed by atoms with van der Waals surface area (Å²) < 4.78 is 83.6. The molecule has 2 fully saturated rings.